The largest absolute Gasteiger partial charge is 0.496 e. The molecule has 0 aliphatic carbocycles. The standard InChI is InChI=1S/C15H15BrFNO/c1-10(12-5-3-4-6-15(12)19-2)18-14-8-7-11(17)9-13(14)16/h3-10,18H,1-2H3. The molecule has 2 nitrogen and oxygen atoms in total. The predicted octanol–water partition coefficient (Wildman–Crippen LogP) is 4.77. The molecule has 2 aromatic carbocycles. The summed E-state index contributed by atoms with van der Waals surface area (Å²) >= 11 is 3.35. The maximum Gasteiger partial charge on any atom is 0.124 e. The van der Waals surface area contributed by atoms with Gasteiger partial charge in [-0.2, -0.15) is 0 Å². The number of halogens is 2. The summed E-state index contributed by atoms with van der Waals surface area (Å²) in [5.41, 5.74) is 1.90. The number of hydrogen-bond acceptors (Lipinski definition) is 2. The maximum absolute atomic E-state index is 13.0. The van der Waals surface area contributed by atoms with Gasteiger partial charge in [-0.3, -0.25) is 0 Å². The SMILES string of the molecule is COc1ccccc1C(C)Nc1ccc(F)cc1Br. The quantitative estimate of drug-likeness (QED) is 0.875. The van der Waals surface area contributed by atoms with Crippen LogP contribution in [0.15, 0.2) is 46.9 Å². The normalized spacial score (nSPS) is 12.0. The summed E-state index contributed by atoms with van der Waals surface area (Å²) < 4.78 is 19.1. The van der Waals surface area contributed by atoms with Crippen molar-refractivity contribution in [1.29, 1.82) is 0 Å². The van der Waals surface area contributed by atoms with Crippen LogP contribution < -0.4 is 10.1 Å². The molecule has 2 aromatic rings. The Kier molecular flexibility index (Phi) is 4.43. The van der Waals surface area contributed by atoms with Crippen LogP contribution in [0.25, 0.3) is 0 Å². The van der Waals surface area contributed by atoms with E-state index in [1.165, 1.54) is 12.1 Å². The Morgan fingerprint density at radius 2 is 1.95 bits per heavy atom. The van der Waals surface area contributed by atoms with Crippen molar-refractivity contribution in [3.8, 4) is 5.75 Å². The Labute approximate surface area is 120 Å². The van der Waals surface area contributed by atoms with Gasteiger partial charge in [0.15, 0.2) is 0 Å². The van der Waals surface area contributed by atoms with E-state index in [1.807, 2.05) is 31.2 Å². The van der Waals surface area contributed by atoms with E-state index < -0.39 is 0 Å². The zero-order valence-electron chi connectivity index (χ0n) is 10.8. The van der Waals surface area contributed by atoms with Crippen LogP contribution >= 0.6 is 15.9 Å². The van der Waals surface area contributed by atoms with Gasteiger partial charge in [0.1, 0.15) is 11.6 Å². The molecule has 0 amide bonds. The number of hydrogen-bond donors (Lipinski definition) is 1. The third kappa shape index (κ3) is 3.26. The molecular formula is C15H15BrFNO. The zero-order chi connectivity index (χ0) is 13.8. The average Bonchev–Trinajstić information content (AvgIpc) is 2.41. The first-order chi connectivity index (χ1) is 9.11. The van der Waals surface area contributed by atoms with Crippen LogP contribution in [-0.2, 0) is 0 Å². The van der Waals surface area contributed by atoms with Crippen LogP contribution in [0.3, 0.4) is 0 Å². The first kappa shape index (κ1) is 13.9. The van der Waals surface area contributed by atoms with Crippen LogP contribution in [0.4, 0.5) is 10.1 Å². The topological polar surface area (TPSA) is 21.3 Å². The van der Waals surface area contributed by atoms with E-state index in [4.69, 9.17) is 4.74 Å². The molecule has 0 aromatic heterocycles. The second kappa shape index (κ2) is 6.06. The molecule has 100 valence electrons. The summed E-state index contributed by atoms with van der Waals surface area (Å²) in [5.74, 6) is 0.572. The number of anilines is 1. The van der Waals surface area contributed by atoms with Crippen molar-refractivity contribution in [3.05, 3.63) is 58.3 Å². The van der Waals surface area contributed by atoms with Crippen molar-refractivity contribution >= 4 is 21.6 Å². The van der Waals surface area contributed by atoms with E-state index in [2.05, 4.69) is 21.2 Å². The molecule has 0 fully saturated rings. The van der Waals surface area contributed by atoms with Gasteiger partial charge >= 0.3 is 0 Å². The molecule has 1 atom stereocenters. The fourth-order valence-corrected chi connectivity index (χ4v) is 2.41. The number of nitrogens with one attached hydrogen (secondary N) is 1. The molecule has 4 heteroatoms. The summed E-state index contributed by atoms with van der Waals surface area (Å²) in [7, 11) is 1.65. The molecule has 0 spiro atoms. The summed E-state index contributed by atoms with van der Waals surface area (Å²) in [6.45, 7) is 2.04. The van der Waals surface area contributed by atoms with Crippen molar-refractivity contribution in [2.45, 2.75) is 13.0 Å². The molecule has 0 radical (unpaired) electrons. The number of ether oxygens (including phenoxy) is 1. The molecular weight excluding hydrogens is 309 g/mol. The van der Waals surface area contributed by atoms with Crippen LogP contribution in [0, 0.1) is 5.82 Å². The zero-order valence-corrected chi connectivity index (χ0v) is 12.4. The monoisotopic (exact) mass is 323 g/mol. The van der Waals surface area contributed by atoms with Gasteiger partial charge in [-0.1, -0.05) is 18.2 Å². The van der Waals surface area contributed by atoms with Crippen LogP contribution in [0.1, 0.15) is 18.5 Å². The van der Waals surface area contributed by atoms with Gasteiger partial charge < -0.3 is 10.1 Å². The van der Waals surface area contributed by atoms with Gasteiger partial charge in [-0.05, 0) is 47.1 Å². The van der Waals surface area contributed by atoms with E-state index in [-0.39, 0.29) is 11.9 Å². The lowest BCUT2D eigenvalue weighted by molar-refractivity contribution is 0.408. The van der Waals surface area contributed by atoms with E-state index in [0.29, 0.717) is 4.47 Å². The van der Waals surface area contributed by atoms with Gasteiger partial charge in [-0.25, -0.2) is 4.39 Å². The van der Waals surface area contributed by atoms with Crippen molar-refractivity contribution in [2.24, 2.45) is 0 Å². The third-order valence-electron chi connectivity index (χ3n) is 2.91. The molecule has 0 aliphatic heterocycles. The lowest BCUT2D eigenvalue weighted by Crippen LogP contribution is -2.08. The molecule has 1 N–H and O–H groups in total. The van der Waals surface area contributed by atoms with E-state index in [0.717, 1.165) is 17.0 Å². The van der Waals surface area contributed by atoms with Crippen molar-refractivity contribution < 1.29 is 9.13 Å². The molecule has 0 saturated heterocycles. The summed E-state index contributed by atoms with van der Waals surface area (Å²) in [4.78, 5) is 0. The minimum Gasteiger partial charge on any atom is -0.496 e. The molecule has 19 heavy (non-hydrogen) atoms. The minimum absolute atomic E-state index is 0.0536. The van der Waals surface area contributed by atoms with Gasteiger partial charge in [0.05, 0.1) is 13.2 Å². The van der Waals surface area contributed by atoms with Crippen LogP contribution in [0.5, 0.6) is 5.75 Å². The first-order valence-electron chi connectivity index (χ1n) is 5.96. The lowest BCUT2D eigenvalue weighted by Gasteiger charge is -2.19. The van der Waals surface area contributed by atoms with E-state index in [1.54, 1.807) is 13.2 Å². The second-order valence-corrected chi connectivity index (χ2v) is 5.09. The summed E-state index contributed by atoms with van der Waals surface area (Å²) in [6, 6.07) is 12.5. The Morgan fingerprint density at radius 1 is 1.21 bits per heavy atom. The van der Waals surface area contributed by atoms with Crippen molar-refractivity contribution in [2.75, 3.05) is 12.4 Å². The number of benzene rings is 2. The number of rotatable bonds is 4. The third-order valence-corrected chi connectivity index (χ3v) is 3.56. The highest BCUT2D eigenvalue weighted by Crippen LogP contribution is 2.30. The lowest BCUT2D eigenvalue weighted by atomic mass is 10.1. The predicted molar refractivity (Wildman–Crippen MR) is 79.1 cm³/mol. The fourth-order valence-electron chi connectivity index (χ4n) is 1.94. The van der Waals surface area contributed by atoms with E-state index in [9.17, 15) is 4.39 Å². The maximum atomic E-state index is 13.0. The Bertz CT molecular complexity index is 574. The highest BCUT2D eigenvalue weighted by atomic mass is 79.9. The van der Waals surface area contributed by atoms with Crippen LogP contribution in [0.2, 0.25) is 0 Å². The molecule has 2 rings (SSSR count). The second-order valence-electron chi connectivity index (χ2n) is 4.23. The molecule has 0 bridgehead atoms. The van der Waals surface area contributed by atoms with Crippen LogP contribution in [-0.4, -0.2) is 7.11 Å². The Balaban J connectivity index is 2.23. The van der Waals surface area contributed by atoms with Crippen molar-refractivity contribution in [3.63, 3.8) is 0 Å². The highest BCUT2D eigenvalue weighted by molar-refractivity contribution is 9.10. The highest BCUT2D eigenvalue weighted by Gasteiger charge is 2.12. The van der Waals surface area contributed by atoms with Gasteiger partial charge in [0, 0.05) is 15.7 Å². The average molecular weight is 324 g/mol. The first-order valence-corrected chi connectivity index (χ1v) is 6.75. The van der Waals surface area contributed by atoms with Gasteiger partial charge in [0.2, 0.25) is 0 Å². The van der Waals surface area contributed by atoms with Crippen molar-refractivity contribution in [1.82, 2.24) is 0 Å². The Hall–Kier alpha value is -1.55. The number of methoxy groups -OCH3 is 1. The number of para-hydroxylation sites is 1. The summed E-state index contributed by atoms with van der Waals surface area (Å²) in [6.07, 6.45) is 0. The van der Waals surface area contributed by atoms with Gasteiger partial charge in [-0.15, -0.1) is 0 Å². The molecule has 0 heterocycles. The minimum atomic E-state index is -0.262. The smallest absolute Gasteiger partial charge is 0.124 e. The molecule has 0 aliphatic rings. The van der Waals surface area contributed by atoms with Gasteiger partial charge in [0.25, 0.3) is 0 Å². The summed E-state index contributed by atoms with van der Waals surface area (Å²) in [5, 5.41) is 3.33. The van der Waals surface area contributed by atoms with E-state index >= 15 is 0 Å². The Morgan fingerprint density at radius 3 is 2.63 bits per heavy atom. The molecule has 1 unspecified atom stereocenters. The molecule has 0 saturated carbocycles. The fraction of sp³-hybridized carbons (Fsp3) is 0.200.